The first-order chi connectivity index (χ1) is 7.47. The second-order valence-electron chi connectivity index (χ2n) is 4.79. The van der Waals surface area contributed by atoms with E-state index in [0.717, 1.165) is 19.4 Å². The van der Waals surface area contributed by atoms with E-state index in [4.69, 9.17) is 0 Å². The van der Waals surface area contributed by atoms with Gasteiger partial charge in [-0.25, -0.2) is 0 Å². The van der Waals surface area contributed by atoms with Crippen LogP contribution < -0.4 is 10.6 Å². The molecule has 0 aromatic rings. The first-order valence-corrected chi connectivity index (χ1v) is 6.12. The highest BCUT2D eigenvalue weighted by molar-refractivity contribution is 5.81. The van der Waals surface area contributed by atoms with Crippen molar-refractivity contribution in [2.24, 2.45) is 5.92 Å². The molecule has 0 aromatic carbocycles. The van der Waals surface area contributed by atoms with Crippen molar-refractivity contribution in [1.82, 2.24) is 10.6 Å². The second kappa shape index (κ2) is 8.34. The van der Waals surface area contributed by atoms with Gasteiger partial charge in [-0.2, -0.15) is 0 Å². The monoisotopic (exact) mass is 226 g/mol. The van der Waals surface area contributed by atoms with Crippen molar-refractivity contribution in [2.45, 2.75) is 52.6 Å². The van der Waals surface area contributed by atoms with Crippen LogP contribution in [0.2, 0.25) is 0 Å². The predicted octanol–water partition coefficient (Wildman–Crippen LogP) is 2.09. The van der Waals surface area contributed by atoms with Crippen molar-refractivity contribution in [3.63, 3.8) is 0 Å². The molecule has 0 aliphatic rings. The molecule has 2 N–H and O–H groups in total. The summed E-state index contributed by atoms with van der Waals surface area (Å²) >= 11 is 0. The van der Waals surface area contributed by atoms with Crippen LogP contribution in [0.25, 0.3) is 0 Å². The number of amides is 1. The van der Waals surface area contributed by atoms with E-state index in [1.54, 1.807) is 0 Å². The predicted molar refractivity (Wildman–Crippen MR) is 69.3 cm³/mol. The molecule has 0 saturated heterocycles. The number of hydrogen-bond acceptors (Lipinski definition) is 2. The summed E-state index contributed by atoms with van der Waals surface area (Å²) in [6.07, 6.45) is 3.77. The highest BCUT2D eigenvalue weighted by Crippen LogP contribution is 1.97. The first-order valence-electron chi connectivity index (χ1n) is 6.12. The van der Waals surface area contributed by atoms with Gasteiger partial charge >= 0.3 is 0 Å². The number of hydrogen-bond donors (Lipinski definition) is 2. The largest absolute Gasteiger partial charge is 0.355 e. The molecule has 3 nitrogen and oxygen atoms in total. The summed E-state index contributed by atoms with van der Waals surface area (Å²) in [6, 6.07) is 0.158. The van der Waals surface area contributed by atoms with Gasteiger partial charge < -0.3 is 10.6 Å². The number of nitrogens with one attached hydrogen (secondary N) is 2. The lowest BCUT2D eigenvalue weighted by Crippen LogP contribution is -2.45. The molecule has 16 heavy (non-hydrogen) atoms. The molecule has 0 radical (unpaired) electrons. The van der Waals surface area contributed by atoms with Gasteiger partial charge in [0.05, 0.1) is 6.04 Å². The van der Waals surface area contributed by atoms with Crippen molar-refractivity contribution < 1.29 is 4.79 Å². The third-order valence-corrected chi connectivity index (χ3v) is 2.47. The van der Waals surface area contributed by atoms with Crippen LogP contribution in [0.3, 0.4) is 0 Å². The molecule has 2 atom stereocenters. The third kappa shape index (κ3) is 7.46. The van der Waals surface area contributed by atoms with Gasteiger partial charge in [-0.3, -0.25) is 4.79 Å². The van der Waals surface area contributed by atoms with Gasteiger partial charge in [0.25, 0.3) is 0 Å². The summed E-state index contributed by atoms with van der Waals surface area (Å²) in [5.74, 6) is 0.708. The summed E-state index contributed by atoms with van der Waals surface area (Å²) in [6.45, 7) is 12.7. The third-order valence-electron chi connectivity index (χ3n) is 2.47. The van der Waals surface area contributed by atoms with E-state index >= 15 is 0 Å². The molecule has 2 unspecified atom stereocenters. The molecule has 0 aliphatic heterocycles. The van der Waals surface area contributed by atoms with E-state index in [2.05, 4.69) is 38.0 Å². The fraction of sp³-hybridized carbons (Fsp3) is 0.769. The molecule has 0 saturated carbocycles. The van der Waals surface area contributed by atoms with Crippen LogP contribution in [0.4, 0.5) is 0 Å². The van der Waals surface area contributed by atoms with E-state index in [1.807, 2.05) is 13.0 Å². The number of rotatable bonds is 8. The van der Waals surface area contributed by atoms with Gasteiger partial charge in [-0.15, -0.1) is 6.58 Å². The molecule has 0 bridgehead atoms. The van der Waals surface area contributed by atoms with Crippen molar-refractivity contribution in [2.75, 3.05) is 6.54 Å². The van der Waals surface area contributed by atoms with E-state index in [1.165, 1.54) is 0 Å². The fourth-order valence-electron chi connectivity index (χ4n) is 1.46. The fourth-order valence-corrected chi connectivity index (χ4v) is 1.46. The van der Waals surface area contributed by atoms with Crippen LogP contribution in [0, 0.1) is 5.92 Å². The van der Waals surface area contributed by atoms with Crippen molar-refractivity contribution >= 4 is 5.91 Å². The summed E-state index contributed by atoms with van der Waals surface area (Å²) in [4.78, 5) is 11.7. The van der Waals surface area contributed by atoms with Gasteiger partial charge in [-0.1, -0.05) is 19.9 Å². The van der Waals surface area contributed by atoms with Crippen molar-refractivity contribution in [3.8, 4) is 0 Å². The molecule has 94 valence electrons. The first kappa shape index (κ1) is 15.2. The summed E-state index contributed by atoms with van der Waals surface area (Å²) in [5, 5.41) is 6.17. The van der Waals surface area contributed by atoms with Gasteiger partial charge in [0, 0.05) is 12.6 Å². The smallest absolute Gasteiger partial charge is 0.236 e. The maximum absolute atomic E-state index is 11.7. The number of carbonyl (C=O) groups is 1. The molecule has 0 aliphatic carbocycles. The van der Waals surface area contributed by atoms with Crippen LogP contribution in [0.5, 0.6) is 0 Å². The maximum Gasteiger partial charge on any atom is 0.236 e. The summed E-state index contributed by atoms with van der Waals surface area (Å²) < 4.78 is 0. The quantitative estimate of drug-likeness (QED) is 0.622. The summed E-state index contributed by atoms with van der Waals surface area (Å²) in [7, 11) is 0. The average Bonchev–Trinajstić information content (AvgIpc) is 2.17. The SMILES string of the molecule is C=CCC(C)NC(C)C(=O)NCCC(C)C. The minimum absolute atomic E-state index is 0.0802. The number of carbonyl (C=O) groups excluding carboxylic acids is 1. The Balaban J connectivity index is 3.76. The highest BCUT2D eigenvalue weighted by atomic mass is 16.2. The zero-order valence-electron chi connectivity index (χ0n) is 11.0. The molecule has 0 heterocycles. The Morgan fingerprint density at radius 2 is 1.94 bits per heavy atom. The van der Waals surface area contributed by atoms with Crippen LogP contribution in [0.1, 0.15) is 40.5 Å². The maximum atomic E-state index is 11.7. The molecule has 3 heteroatoms. The van der Waals surface area contributed by atoms with Gasteiger partial charge in [-0.05, 0) is 32.6 Å². The van der Waals surface area contributed by atoms with Gasteiger partial charge in [0.2, 0.25) is 5.91 Å². The van der Waals surface area contributed by atoms with Crippen molar-refractivity contribution in [1.29, 1.82) is 0 Å². The van der Waals surface area contributed by atoms with E-state index in [-0.39, 0.29) is 11.9 Å². The Morgan fingerprint density at radius 3 is 2.44 bits per heavy atom. The topological polar surface area (TPSA) is 41.1 Å². The average molecular weight is 226 g/mol. The summed E-state index contributed by atoms with van der Waals surface area (Å²) in [5.41, 5.74) is 0. The highest BCUT2D eigenvalue weighted by Gasteiger charge is 2.13. The Bertz CT molecular complexity index is 214. The zero-order chi connectivity index (χ0) is 12.6. The Kier molecular flexibility index (Phi) is 7.90. The van der Waals surface area contributed by atoms with E-state index < -0.39 is 0 Å². The van der Waals surface area contributed by atoms with E-state index in [0.29, 0.717) is 12.0 Å². The molecule has 0 rings (SSSR count). The van der Waals surface area contributed by atoms with Crippen molar-refractivity contribution in [3.05, 3.63) is 12.7 Å². The van der Waals surface area contributed by atoms with Gasteiger partial charge in [0.1, 0.15) is 0 Å². The van der Waals surface area contributed by atoms with Crippen LogP contribution in [0.15, 0.2) is 12.7 Å². The van der Waals surface area contributed by atoms with Crippen LogP contribution >= 0.6 is 0 Å². The molecular formula is C13H26N2O. The Hall–Kier alpha value is -0.830. The van der Waals surface area contributed by atoms with Crippen LogP contribution in [-0.2, 0) is 4.79 Å². The van der Waals surface area contributed by atoms with Crippen LogP contribution in [-0.4, -0.2) is 24.5 Å². The Labute approximate surface area is 99.7 Å². The van der Waals surface area contributed by atoms with E-state index in [9.17, 15) is 4.79 Å². The normalized spacial score (nSPS) is 14.6. The molecule has 0 aromatic heterocycles. The molecule has 0 fully saturated rings. The minimum Gasteiger partial charge on any atom is -0.355 e. The lowest BCUT2D eigenvalue weighted by atomic mass is 10.1. The van der Waals surface area contributed by atoms with Gasteiger partial charge in [0.15, 0.2) is 0 Å². The zero-order valence-corrected chi connectivity index (χ0v) is 11.0. The molecule has 1 amide bonds. The standard InChI is InChI=1S/C13H26N2O/c1-6-7-11(4)15-12(5)13(16)14-9-8-10(2)3/h6,10-12,15H,1,7-9H2,2-5H3,(H,14,16). The molecular weight excluding hydrogens is 200 g/mol. The lowest BCUT2D eigenvalue weighted by Gasteiger charge is -2.18. The minimum atomic E-state index is -0.137. The Morgan fingerprint density at radius 1 is 1.31 bits per heavy atom. The lowest BCUT2D eigenvalue weighted by molar-refractivity contribution is -0.122. The molecule has 0 spiro atoms. The second-order valence-corrected chi connectivity index (χ2v) is 4.79.